The molecule has 0 amide bonds. The maximum Gasteiger partial charge on any atom is 0.417 e. The summed E-state index contributed by atoms with van der Waals surface area (Å²) in [5, 5.41) is 6.52. The van der Waals surface area contributed by atoms with Gasteiger partial charge >= 0.3 is 12.2 Å². The molecule has 1 aliphatic heterocycles. The van der Waals surface area contributed by atoms with E-state index in [9.17, 15) is 17.6 Å². The van der Waals surface area contributed by atoms with Gasteiger partial charge in [0.25, 0.3) is 0 Å². The van der Waals surface area contributed by atoms with E-state index in [4.69, 9.17) is 15.2 Å². The zero-order chi connectivity index (χ0) is 30.1. The Labute approximate surface area is 234 Å². The number of aromatic nitrogens is 6. The first-order valence-corrected chi connectivity index (χ1v) is 12.7. The van der Waals surface area contributed by atoms with Gasteiger partial charge in [0.15, 0.2) is 5.82 Å². The Morgan fingerprint density at radius 1 is 1.17 bits per heavy atom. The van der Waals surface area contributed by atoms with Crippen LogP contribution in [0.1, 0.15) is 36.6 Å². The van der Waals surface area contributed by atoms with Crippen LogP contribution in [0.5, 0.6) is 11.9 Å². The highest BCUT2D eigenvalue weighted by Crippen LogP contribution is 2.47. The third-order valence-corrected chi connectivity index (χ3v) is 7.32. The topological polar surface area (TPSA) is 128 Å². The van der Waals surface area contributed by atoms with E-state index < -0.39 is 46.7 Å². The molecule has 2 atom stereocenters. The Morgan fingerprint density at radius 3 is 2.64 bits per heavy atom. The lowest BCUT2D eigenvalue weighted by atomic mass is 9.94. The van der Waals surface area contributed by atoms with Crippen LogP contribution < -0.4 is 20.1 Å². The van der Waals surface area contributed by atoms with Gasteiger partial charge in [0.1, 0.15) is 40.7 Å². The molecule has 6 rings (SSSR count). The fourth-order valence-corrected chi connectivity index (χ4v) is 5.49. The number of H-pyrrole nitrogens is 1. The first kappa shape index (κ1) is 27.4. The number of aromatic amines is 1. The predicted octanol–water partition coefficient (Wildman–Crippen LogP) is 5.51. The third-order valence-electron chi connectivity index (χ3n) is 7.32. The molecule has 1 unspecified atom stereocenters. The lowest BCUT2D eigenvalue weighted by Gasteiger charge is -2.34. The van der Waals surface area contributed by atoms with Crippen LogP contribution in [0.25, 0.3) is 33.1 Å². The summed E-state index contributed by atoms with van der Waals surface area (Å²) in [6, 6.07) is 1.11. The zero-order valence-electron chi connectivity index (χ0n) is 22.6. The number of methoxy groups -OCH3 is 1. The number of alkyl halides is 3. The molecule has 0 spiro atoms. The minimum atomic E-state index is -4.85. The number of nitrogens with zero attached hydrogens (tertiary/aromatic N) is 6. The number of benzene rings is 1. The fourth-order valence-electron chi connectivity index (χ4n) is 5.49. The number of nitrogen functional groups attached to an aromatic ring is 1. The monoisotopic (exact) mass is 586 g/mol. The van der Waals surface area contributed by atoms with E-state index in [1.54, 1.807) is 18.7 Å². The number of hydrogen-bond donors (Lipinski definition) is 2. The summed E-state index contributed by atoms with van der Waals surface area (Å²) in [5.74, 6) is -1.76. The quantitative estimate of drug-likeness (QED) is 0.262. The number of fused-ring (bicyclic) bond motifs is 1. The largest absolute Gasteiger partial charge is 0.475 e. The van der Waals surface area contributed by atoms with E-state index in [-0.39, 0.29) is 57.5 Å². The van der Waals surface area contributed by atoms with Gasteiger partial charge in [0, 0.05) is 16.5 Å². The average molecular weight is 587 g/mol. The highest BCUT2D eigenvalue weighted by molar-refractivity contribution is 6.02. The van der Waals surface area contributed by atoms with Crippen LogP contribution in [0.15, 0.2) is 24.5 Å². The van der Waals surface area contributed by atoms with Gasteiger partial charge in [-0.25, -0.2) is 18.7 Å². The lowest BCUT2D eigenvalue weighted by Crippen LogP contribution is -2.39. The van der Waals surface area contributed by atoms with Crippen molar-refractivity contribution in [2.24, 2.45) is 0 Å². The number of nitrogens with two attached hydrogens (primary N) is 1. The summed E-state index contributed by atoms with van der Waals surface area (Å²) in [5.41, 5.74) is 3.93. The van der Waals surface area contributed by atoms with Gasteiger partial charge in [-0.3, -0.25) is 5.10 Å². The molecular formula is C27H23F5N8O2. The molecule has 3 N–H and O–H groups in total. The van der Waals surface area contributed by atoms with Gasteiger partial charge in [-0.2, -0.15) is 28.2 Å². The third kappa shape index (κ3) is 4.18. The molecule has 0 radical (unpaired) electrons. The van der Waals surface area contributed by atoms with Gasteiger partial charge in [-0.15, -0.1) is 0 Å². The second-order valence-electron chi connectivity index (χ2n) is 9.98. The summed E-state index contributed by atoms with van der Waals surface area (Å²) in [6.45, 7) is 4.74. The summed E-state index contributed by atoms with van der Waals surface area (Å²) in [4.78, 5) is 18.5. The van der Waals surface area contributed by atoms with E-state index in [0.29, 0.717) is 5.56 Å². The van der Waals surface area contributed by atoms with Crippen molar-refractivity contribution in [3.63, 3.8) is 0 Å². The Hall–Kier alpha value is -4.82. The van der Waals surface area contributed by atoms with Crippen LogP contribution >= 0.6 is 0 Å². The Balaban J connectivity index is 1.68. The average Bonchev–Trinajstić information content (AvgIpc) is 3.35. The van der Waals surface area contributed by atoms with E-state index in [1.165, 1.54) is 32.4 Å². The highest BCUT2D eigenvalue weighted by atomic mass is 19.4. The number of rotatable bonds is 4. The first-order valence-electron chi connectivity index (χ1n) is 12.7. The van der Waals surface area contributed by atoms with Crippen molar-refractivity contribution in [2.75, 3.05) is 24.4 Å². The second kappa shape index (κ2) is 9.63. The number of anilines is 2. The minimum absolute atomic E-state index is 0.000771. The molecular weight excluding hydrogens is 563 g/mol. The van der Waals surface area contributed by atoms with Crippen LogP contribution in [0.2, 0.25) is 0 Å². The van der Waals surface area contributed by atoms with Gasteiger partial charge in [0.2, 0.25) is 5.88 Å². The van der Waals surface area contributed by atoms with E-state index in [1.807, 2.05) is 0 Å². The molecule has 0 saturated heterocycles. The maximum atomic E-state index is 16.6. The smallest absolute Gasteiger partial charge is 0.417 e. The summed E-state index contributed by atoms with van der Waals surface area (Å²) < 4.78 is 85.3. The molecule has 10 nitrogen and oxygen atoms in total. The molecule has 15 heteroatoms. The number of ether oxygens (including phenoxy) is 2. The number of pyridine rings is 2. The maximum absolute atomic E-state index is 16.6. The Bertz CT molecular complexity index is 1880. The van der Waals surface area contributed by atoms with Crippen molar-refractivity contribution < 1.29 is 31.4 Å². The van der Waals surface area contributed by atoms with Crippen LogP contribution in [0.3, 0.4) is 0 Å². The van der Waals surface area contributed by atoms with E-state index in [2.05, 4.69) is 30.1 Å². The number of hydrogen-bond acceptors (Lipinski definition) is 9. The standard InChI is InChI=1S/C27H23F5N8O2/c1-10-5-16-15(8-35-39-16)17(19(10)27(30,31)32)21-20(29)22-18-24(38-26(37-22)41-4)40(11(2)9-42-25(18)36-21)12(3)14-6-13(28)7-34-23(14)33/h5-8,11-12H,9H2,1-4H3,(H2,33,34)(H,35,39)/t11-,12?/m0/s1. The van der Waals surface area contributed by atoms with Gasteiger partial charge in [-0.05, 0) is 38.5 Å². The van der Waals surface area contributed by atoms with Gasteiger partial charge in [0.05, 0.1) is 42.7 Å². The molecule has 218 valence electrons. The molecule has 1 aromatic carbocycles. The molecule has 1 aliphatic rings. The second-order valence-corrected chi connectivity index (χ2v) is 9.98. The van der Waals surface area contributed by atoms with Crippen molar-refractivity contribution >= 4 is 33.4 Å². The van der Waals surface area contributed by atoms with Crippen LogP contribution in [-0.2, 0) is 6.18 Å². The summed E-state index contributed by atoms with van der Waals surface area (Å²) in [6.07, 6.45) is -2.69. The highest BCUT2D eigenvalue weighted by Gasteiger charge is 2.40. The molecule has 42 heavy (non-hydrogen) atoms. The van der Waals surface area contributed by atoms with Crippen molar-refractivity contribution in [1.29, 1.82) is 0 Å². The van der Waals surface area contributed by atoms with Crippen LogP contribution in [0.4, 0.5) is 33.6 Å². The van der Waals surface area contributed by atoms with E-state index >= 15 is 4.39 Å². The molecule has 5 heterocycles. The van der Waals surface area contributed by atoms with Crippen LogP contribution in [-0.4, -0.2) is 49.9 Å². The van der Waals surface area contributed by atoms with E-state index in [0.717, 1.165) is 6.20 Å². The molecule has 0 saturated carbocycles. The van der Waals surface area contributed by atoms with Gasteiger partial charge in [-0.1, -0.05) is 0 Å². The van der Waals surface area contributed by atoms with Crippen molar-refractivity contribution in [3.05, 3.63) is 52.9 Å². The molecule has 0 bridgehead atoms. The summed E-state index contributed by atoms with van der Waals surface area (Å²) >= 11 is 0. The lowest BCUT2D eigenvalue weighted by molar-refractivity contribution is -0.137. The molecule has 0 fully saturated rings. The van der Waals surface area contributed by atoms with Crippen molar-refractivity contribution in [1.82, 2.24) is 30.1 Å². The molecule has 5 aromatic rings. The number of nitrogens with one attached hydrogen (secondary N) is 1. The SMILES string of the molecule is COc1nc2c3c(nc(-c4c(C(F)(F)F)c(C)cc5[nH]ncc45)c(F)c3n1)OC[C@H](C)N2C(C)c1cc(F)cnc1N. The summed E-state index contributed by atoms with van der Waals surface area (Å²) in [7, 11) is 1.27. The minimum Gasteiger partial charge on any atom is -0.475 e. The van der Waals surface area contributed by atoms with Gasteiger partial charge < -0.3 is 20.1 Å². The fraction of sp³-hybridized carbons (Fsp3) is 0.296. The van der Waals surface area contributed by atoms with Crippen molar-refractivity contribution in [3.8, 4) is 23.1 Å². The predicted molar refractivity (Wildman–Crippen MR) is 143 cm³/mol. The Kier molecular flexibility index (Phi) is 6.27. The zero-order valence-corrected chi connectivity index (χ0v) is 22.6. The van der Waals surface area contributed by atoms with Crippen LogP contribution in [0, 0.1) is 18.6 Å². The number of halogens is 5. The van der Waals surface area contributed by atoms with Crippen molar-refractivity contribution in [2.45, 2.75) is 39.0 Å². The molecule has 0 aliphatic carbocycles. The normalized spacial score (nSPS) is 16.0. The molecule has 4 aromatic heterocycles. The number of aryl methyl sites for hydroxylation is 1. The Morgan fingerprint density at radius 2 is 1.93 bits per heavy atom. The first-order chi connectivity index (χ1) is 19.9.